The van der Waals surface area contributed by atoms with E-state index in [-0.39, 0.29) is 5.57 Å². The van der Waals surface area contributed by atoms with Crippen LogP contribution in [0.1, 0.15) is 16.7 Å². The highest BCUT2D eigenvalue weighted by Gasteiger charge is 2.23. The van der Waals surface area contributed by atoms with Gasteiger partial charge in [0.25, 0.3) is 0 Å². The molecule has 0 aliphatic carbocycles. The van der Waals surface area contributed by atoms with E-state index in [2.05, 4.69) is 17.0 Å². The number of nitriles is 2. The van der Waals surface area contributed by atoms with Gasteiger partial charge in [-0.2, -0.15) is 10.5 Å². The summed E-state index contributed by atoms with van der Waals surface area (Å²) in [4.78, 5) is 2.25. The highest BCUT2D eigenvalue weighted by Crippen LogP contribution is 2.37. The lowest BCUT2D eigenvalue weighted by Gasteiger charge is -2.34. The molecule has 0 aromatic heterocycles. The number of rotatable bonds is 4. The number of allylic oxidation sites excluding steroid dienone is 4. The zero-order valence-electron chi connectivity index (χ0n) is 16.4. The lowest BCUT2D eigenvalue weighted by molar-refractivity contribution is 0.547. The third-order valence-electron chi connectivity index (χ3n) is 5.00. The first-order valence-electron chi connectivity index (χ1n) is 9.70. The molecule has 3 aromatic carbocycles. The quantitative estimate of drug-likeness (QED) is 0.523. The first-order chi connectivity index (χ1) is 14.8. The summed E-state index contributed by atoms with van der Waals surface area (Å²) in [5, 5.41) is 19.0. The van der Waals surface area contributed by atoms with Gasteiger partial charge < -0.3 is 4.90 Å². The third kappa shape index (κ3) is 3.92. The minimum atomic E-state index is 0.108. The van der Waals surface area contributed by atoms with Crippen LogP contribution in [0, 0.1) is 22.7 Å². The molecule has 1 aliphatic rings. The van der Waals surface area contributed by atoms with Crippen LogP contribution in [-0.2, 0) is 6.54 Å². The molecule has 1 heterocycles. The van der Waals surface area contributed by atoms with E-state index < -0.39 is 0 Å². The van der Waals surface area contributed by atoms with Crippen molar-refractivity contribution in [3.63, 3.8) is 0 Å². The minimum Gasteiger partial charge on any atom is -0.336 e. The van der Waals surface area contributed by atoms with Crippen molar-refractivity contribution in [2.45, 2.75) is 6.54 Å². The molecule has 142 valence electrons. The van der Waals surface area contributed by atoms with Crippen molar-refractivity contribution in [1.29, 1.82) is 10.5 Å². The Labute approximate surface area is 176 Å². The average molecular weight is 385 g/mol. The molecule has 0 unspecified atom stereocenters. The topological polar surface area (TPSA) is 50.8 Å². The molecule has 0 saturated heterocycles. The molecule has 0 N–H and O–H groups in total. The Morgan fingerprint density at radius 3 is 1.50 bits per heavy atom. The zero-order chi connectivity index (χ0) is 20.8. The van der Waals surface area contributed by atoms with E-state index in [1.54, 1.807) is 0 Å². The smallest absolute Gasteiger partial charge is 0.137 e. The average Bonchev–Trinajstić information content (AvgIpc) is 2.82. The van der Waals surface area contributed by atoms with Crippen LogP contribution in [0.5, 0.6) is 0 Å². The lowest BCUT2D eigenvalue weighted by Crippen LogP contribution is -2.23. The Bertz CT molecular complexity index is 1130. The van der Waals surface area contributed by atoms with Crippen LogP contribution in [0.4, 0.5) is 0 Å². The molecular weight excluding hydrogens is 366 g/mol. The molecule has 0 bridgehead atoms. The monoisotopic (exact) mass is 385 g/mol. The van der Waals surface area contributed by atoms with E-state index in [9.17, 15) is 10.5 Å². The maximum atomic E-state index is 9.49. The molecule has 0 amide bonds. The number of hydrogen-bond acceptors (Lipinski definition) is 3. The van der Waals surface area contributed by atoms with Crippen molar-refractivity contribution < 1.29 is 0 Å². The van der Waals surface area contributed by atoms with Crippen LogP contribution in [0.25, 0.3) is 11.4 Å². The van der Waals surface area contributed by atoms with Gasteiger partial charge in [-0.25, -0.2) is 0 Å². The maximum Gasteiger partial charge on any atom is 0.137 e. The van der Waals surface area contributed by atoms with Crippen molar-refractivity contribution in [3.8, 4) is 12.1 Å². The fourth-order valence-corrected chi connectivity index (χ4v) is 3.55. The molecule has 1 aliphatic heterocycles. The second kappa shape index (κ2) is 8.78. The lowest BCUT2D eigenvalue weighted by atomic mass is 9.95. The molecule has 30 heavy (non-hydrogen) atoms. The first-order valence-corrected chi connectivity index (χ1v) is 9.70. The van der Waals surface area contributed by atoms with Crippen molar-refractivity contribution >= 4 is 11.4 Å². The summed E-state index contributed by atoms with van der Waals surface area (Å²) < 4.78 is 0. The summed E-state index contributed by atoms with van der Waals surface area (Å²) in [6.45, 7) is 0.671. The normalized spacial score (nSPS) is 13.0. The van der Waals surface area contributed by atoms with Gasteiger partial charge in [-0.15, -0.1) is 0 Å². The van der Waals surface area contributed by atoms with Crippen molar-refractivity contribution in [2.75, 3.05) is 0 Å². The van der Waals surface area contributed by atoms with Crippen molar-refractivity contribution in [3.05, 3.63) is 131 Å². The zero-order valence-corrected chi connectivity index (χ0v) is 16.4. The molecular formula is C27H19N3. The van der Waals surface area contributed by atoms with Crippen LogP contribution in [0.15, 0.2) is 114 Å². The van der Waals surface area contributed by atoms with Gasteiger partial charge in [0.05, 0.1) is 0 Å². The van der Waals surface area contributed by atoms with Crippen LogP contribution < -0.4 is 0 Å². The van der Waals surface area contributed by atoms with Gasteiger partial charge in [0.15, 0.2) is 0 Å². The van der Waals surface area contributed by atoms with Crippen LogP contribution >= 0.6 is 0 Å². The highest BCUT2D eigenvalue weighted by molar-refractivity contribution is 5.85. The maximum absolute atomic E-state index is 9.49. The van der Waals surface area contributed by atoms with Gasteiger partial charge in [0.1, 0.15) is 17.7 Å². The molecule has 3 nitrogen and oxygen atoms in total. The third-order valence-corrected chi connectivity index (χ3v) is 5.00. The Morgan fingerprint density at radius 1 is 0.633 bits per heavy atom. The number of hydrogen-bond donors (Lipinski definition) is 0. The Kier molecular flexibility index (Phi) is 5.56. The fourth-order valence-electron chi connectivity index (χ4n) is 3.55. The Hall–Kier alpha value is -4.34. The largest absolute Gasteiger partial charge is 0.336 e. The van der Waals surface area contributed by atoms with E-state index in [0.717, 1.165) is 22.5 Å². The summed E-state index contributed by atoms with van der Waals surface area (Å²) in [6.07, 6.45) is 3.87. The van der Waals surface area contributed by atoms with E-state index in [1.165, 1.54) is 5.56 Å². The molecule has 0 radical (unpaired) electrons. The molecule has 4 rings (SSSR count). The summed E-state index contributed by atoms with van der Waals surface area (Å²) in [6, 6.07) is 34.5. The van der Waals surface area contributed by atoms with Crippen molar-refractivity contribution in [2.24, 2.45) is 0 Å². The van der Waals surface area contributed by atoms with E-state index in [1.807, 2.05) is 103 Å². The van der Waals surface area contributed by atoms with Gasteiger partial charge in [-0.05, 0) is 28.8 Å². The first kappa shape index (κ1) is 19.0. The van der Waals surface area contributed by atoms with E-state index in [0.29, 0.717) is 12.1 Å². The summed E-state index contributed by atoms with van der Waals surface area (Å²) in [7, 11) is 0. The fraction of sp³-hybridized carbons (Fsp3) is 0.0370. The molecule has 0 fully saturated rings. The Morgan fingerprint density at radius 2 is 1.07 bits per heavy atom. The van der Waals surface area contributed by atoms with Gasteiger partial charge in [-0.3, -0.25) is 0 Å². The molecule has 0 atom stereocenters. The van der Waals surface area contributed by atoms with Crippen LogP contribution in [-0.4, -0.2) is 4.90 Å². The Balaban J connectivity index is 1.93. The number of nitrogens with zero attached hydrogens (tertiary/aromatic N) is 3. The van der Waals surface area contributed by atoms with Crippen LogP contribution in [0.2, 0.25) is 0 Å². The predicted octanol–water partition coefficient (Wildman–Crippen LogP) is 5.93. The summed E-state index contributed by atoms with van der Waals surface area (Å²) in [5.41, 5.74) is 5.88. The van der Waals surface area contributed by atoms with E-state index in [4.69, 9.17) is 0 Å². The van der Waals surface area contributed by atoms with Gasteiger partial charge in [-0.1, -0.05) is 91.0 Å². The second-order valence-electron chi connectivity index (χ2n) is 6.92. The summed E-state index contributed by atoms with van der Waals surface area (Å²) in [5.74, 6) is 0. The SMILES string of the molecule is N#CC(C#N)=C1C=C(c2ccccc2)N(Cc2ccccc2)C(c2ccccc2)=C1. The van der Waals surface area contributed by atoms with Gasteiger partial charge in [0, 0.05) is 23.5 Å². The standard InChI is InChI=1S/C27H19N3/c28-18-25(19-29)24-16-26(22-12-6-2-7-13-22)30(20-21-10-4-1-5-11-21)27(17-24)23-14-8-3-9-15-23/h1-17H,20H2. The molecule has 0 spiro atoms. The number of benzene rings is 3. The minimum absolute atomic E-state index is 0.108. The van der Waals surface area contributed by atoms with Gasteiger partial charge >= 0.3 is 0 Å². The van der Waals surface area contributed by atoms with Gasteiger partial charge in [0.2, 0.25) is 0 Å². The highest BCUT2D eigenvalue weighted by atomic mass is 15.2. The van der Waals surface area contributed by atoms with E-state index >= 15 is 0 Å². The predicted molar refractivity (Wildman–Crippen MR) is 119 cm³/mol. The van der Waals surface area contributed by atoms with Crippen LogP contribution in [0.3, 0.4) is 0 Å². The molecule has 0 saturated carbocycles. The van der Waals surface area contributed by atoms with Crippen molar-refractivity contribution in [1.82, 2.24) is 4.90 Å². The molecule has 3 aromatic rings. The summed E-state index contributed by atoms with van der Waals surface area (Å²) >= 11 is 0. The molecule has 3 heteroatoms. The second-order valence-corrected chi connectivity index (χ2v) is 6.92.